The molecule has 33 heavy (non-hydrogen) atoms. The molecule has 3 N–H and O–H groups in total. The lowest BCUT2D eigenvalue weighted by molar-refractivity contribution is 0.0564. The lowest BCUT2D eigenvalue weighted by atomic mass is 9.61. The first-order chi connectivity index (χ1) is 15.5. The standard InChI is InChI=1S/C26H40N4O3/c1-16(15-30-24(25(3,4)33)27-28-29-30)21-10-11-22-18(7-6-12-26(21,22)5)8-9-19-13-20(31)14-23(32)17(19)2/h8-9,16,20-23,31-33H,2,6-7,10-15H2,1,3-5H3/b18-8+,19-9-/t16-,20-,21-,22+,23+,26-/m1/s1. The maximum Gasteiger partial charge on any atom is 0.182 e. The molecule has 0 aromatic carbocycles. The van der Waals surface area contributed by atoms with Gasteiger partial charge in [-0.2, -0.15) is 0 Å². The number of aliphatic hydroxyl groups excluding tert-OH is 2. The van der Waals surface area contributed by atoms with E-state index in [0.717, 1.165) is 17.6 Å². The summed E-state index contributed by atoms with van der Waals surface area (Å²) in [5.74, 6) is 2.02. The fourth-order valence-corrected chi connectivity index (χ4v) is 6.85. The number of hydrogen-bond donors (Lipinski definition) is 3. The van der Waals surface area contributed by atoms with Gasteiger partial charge in [-0.05, 0) is 97.1 Å². The van der Waals surface area contributed by atoms with E-state index in [9.17, 15) is 15.3 Å². The van der Waals surface area contributed by atoms with Gasteiger partial charge in [-0.25, -0.2) is 4.68 Å². The van der Waals surface area contributed by atoms with E-state index in [-0.39, 0.29) is 5.41 Å². The van der Waals surface area contributed by atoms with Gasteiger partial charge in [-0.3, -0.25) is 0 Å². The van der Waals surface area contributed by atoms with Crippen LogP contribution in [0.3, 0.4) is 0 Å². The first kappa shape index (κ1) is 24.3. The Morgan fingerprint density at radius 1 is 1.27 bits per heavy atom. The number of rotatable bonds is 5. The molecule has 0 spiro atoms. The lowest BCUT2D eigenvalue weighted by Crippen LogP contribution is -2.37. The maximum absolute atomic E-state index is 10.4. The van der Waals surface area contributed by atoms with Crippen molar-refractivity contribution in [2.75, 3.05) is 0 Å². The minimum Gasteiger partial charge on any atom is -0.393 e. The molecule has 4 rings (SSSR count). The van der Waals surface area contributed by atoms with Gasteiger partial charge in [0.1, 0.15) is 5.60 Å². The molecule has 1 aromatic heterocycles. The predicted octanol–water partition coefficient (Wildman–Crippen LogP) is 3.68. The highest BCUT2D eigenvalue weighted by Gasteiger charge is 2.50. The molecular weight excluding hydrogens is 416 g/mol. The minimum atomic E-state index is -1.07. The van der Waals surface area contributed by atoms with Gasteiger partial charge in [0.05, 0.1) is 12.2 Å². The Kier molecular flexibility index (Phi) is 6.69. The highest BCUT2D eigenvalue weighted by atomic mass is 16.3. The molecule has 0 amide bonds. The second kappa shape index (κ2) is 9.08. The summed E-state index contributed by atoms with van der Waals surface area (Å²) in [4.78, 5) is 0. The van der Waals surface area contributed by atoms with Crippen molar-refractivity contribution in [1.29, 1.82) is 0 Å². The highest BCUT2D eigenvalue weighted by Crippen LogP contribution is 2.59. The highest BCUT2D eigenvalue weighted by molar-refractivity contribution is 5.38. The van der Waals surface area contributed by atoms with Crippen molar-refractivity contribution in [2.45, 2.75) is 97.0 Å². The molecular formula is C26H40N4O3. The number of aromatic nitrogens is 4. The van der Waals surface area contributed by atoms with Crippen molar-refractivity contribution >= 4 is 0 Å². The van der Waals surface area contributed by atoms with Crippen molar-refractivity contribution in [2.24, 2.45) is 23.2 Å². The van der Waals surface area contributed by atoms with Gasteiger partial charge in [0.2, 0.25) is 0 Å². The van der Waals surface area contributed by atoms with Crippen molar-refractivity contribution in [3.63, 3.8) is 0 Å². The van der Waals surface area contributed by atoms with E-state index >= 15 is 0 Å². The molecule has 6 atom stereocenters. The van der Waals surface area contributed by atoms with Gasteiger partial charge in [-0.1, -0.05) is 38.2 Å². The van der Waals surface area contributed by atoms with Crippen molar-refractivity contribution < 1.29 is 15.3 Å². The monoisotopic (exact) mass is 456 g/mol. The average Bonchev–Trinajstić information content (AvgIpc) is 3.33. The van der Waals surface area contributed by atoms with Gasteiger partial charge in [0, 0.05) is 13.0 Å². The maximum atomic E-state index is 10.4. The summed E-state index contributed by atoms with van der Waals surface area (Å²) in [6.45, 7) is 13.0. The van der Waals surface area contributed by atoms with E-state index in [2.05, 4.69) is 48.1 Å². The fourth-order valence-electron chi connectivity index (χ4n) is 6.85. The predicted molar refractivity (Wildman–Crippen MR) is 127 cm³/mol. The smallest absolute Gasteiger partial charge is 0.182 e. The zero-order valence-electron chi connectivity index (χ0n) is 20.5. The Bertz CT molecular complexity index is 944. The molecule has 1 aromatic rings. The number of aliphatic hydroxyl groups is 3. The quantitative estimate of drug-likeness (QED) is 0.624. The topological polar surface area (TPSA) is 104 Å². The molecule has 0 radical (unpaired) electrons. The third-order valence-electron chi connectivity index (χ3n) is 8.53. The van der Waals surface area contributed by atoms with Gasteiger partial charge in [-0.15, -0.1) is 5.10 Å². The van der Waals surface area contributed by atoms with E-state index in [1.165, 1.54) is 31.3 Å². The number of fused-ring (bicyclic) bond motifs is 1. The van der Waals surface area contributed by atoms with Crippen molar-refractivity contribution in [3.05, 3.63) is 41.3 Å². The molecule has 7 heteroatoms. The molecule has 0 saturated heterocycles. The molecule has 3 saturated carbocycles. The molecule has 0 bridgehead atoms. The minimum absolute atomic E-state index is 0.230. The SMILES string of the molecule is C=C1/C(=C\C=C2/CCC[C@]3(C)[C@@H]([C@H](C)Cn4nnnc4C(C)(C)O)CC[C@@H]23)C[C@@H](O)C[C@@H]1O. The third-order valence-corrected chi connectivity index (χ3v) is 8.53. The van der Waals surface area contributed by atoms with Gasteiger partial charge >= 0.3 is 0 Å². The van der Waals surface area contributed by atoms with Gasteiger partial charge in [0.15, 0.2) is 5.82 Å². The van der Waals surface area contributed by atoms with Crippen LogP contribution >= 0.6 is 0 Å². The fraction of sp³-hybridized carbons (Fsp3) is 0.731. The number of tetrazole rings is 1. The van der Waals surface area contributed by atoms with Crippen LogP contribution in [0.15, 0.2) is 35.5 Å². The van der Waals surface area contributed by atoms with E-state index in [1.807, 2.05) is 0 Å². The molecule has 0 unspecified atom stereocenters. The Morgan fingerprint density at radius 2 is 2.03 bits per heavy atom. The summed E-state index contributed by atoms with van der Waals surface area (Å²) in [5.41, 5.74) is 2.38. The molecule has 1 heterocycles. The van der Waals surface area contributed by atoms with Crippen LogP contribution in [0.25, 0.3) is 0 Å². The summed E-state index contributed by atoms with van der Waals surface area (Å²) in [7, 11) is 0. The van der Waals surface area contributed by atoms with E-state index < -0.39 is 17.8 Å². The van der Waals surface area contributed by atoms with Crippen LogP contribution < -0.4 is 0 Å². The number of nitrogens with zero attached hydrogens (tertiary/aromatic N) is 4. The number of hydrogen-bond acceptors (Lipinski definition) is 6. The summed E-state index contributed by atoms with van der Waals surface area (Å²) in [5, 5.41) is 42.7. The van der Waals surface area contributed by atoms with Gasteiger partial charge in [0.25, 0.3) is 0 Å². The average molecular weight is 457 g/mol. The van der Waals surface area contributed by atoms with Crippen LogP contribution in [0.2, 0.25) is 0 Å². The summed E-state index contributed by atoms with van der Waals surface area (Å²) >= 11 is 0. The molecule has 0 aliphatic heterocycles. The molecule has 7 nitrogen and oxygen atoms in total. The van der Waals surface area contributed by atoms with Crippen LogP contribution in [0.5, 0.6) is 0 Å². The van der Waals surface area contributed by atoms with Crippen LogP contribution in [-0.2, 0) is 12.1 Å². The van der Waals surface area contributed by atoms with Crippen molar-refractivity contribution in [3.8, 4) is 0 Å². The van der Waals surface area contributed by atoms with Crippen LogP contribution in [0, 0.1) is 23.2 Å². The van der Waals surface area contributed by atoms with E-state index in [0.29, 0.717) is 43.0 Å². The first-order valence-electron chi connectivity index (χ1n) is 12.4. The summed E-state index contributed by atoms with van der Waals surface area (Å²) in [6, 6.07) is 0. The van der Waals surface area contributed by atoms with Crippen molar-refractivity contribution in [1.82, 2.24) is 20.2 Å². The normalized spacial score (nSPS) is 36.4. The molecule has 3 aliphatic carbocycles. The second-order valence-corrected chi connectivity index (χ2v) is 11.4. The van der Waals surface area contributed by atoms with Gasteiger partial charge < -0.3 is 15.3 Å². The Morgan fingerprint density at radius 3 is 2.76 bits per heavy atom. The molecule has 3 aliphatic rings. The lowest BCUT2D eigenvalue weighted by Gasteiger charge is -2.44. The molecule has 3 fully saturated rings. The summed E-state index contributed by atoms with van der Waals surface area (Å²) < 4.78 is 1.77. The largest absolute Gasteiger partial charge is 0.393 e. The Hall–Kier alpha value is -1.83. The van der Waals surface area contributed by atoms with E-state index in [1.54, 1.807) is 18.5 Å². The zero-order chi connectivity index (χ0) is 24.0. The third kappa shape index (κ3) is 4.73. The van der Waals surface area contributed by atoms with Crippen LogP contribution in [0.4, 0.5) is 0 Å². The zero-order valence-corrected chi connectivity index (χ0v) is 20.5. The summed E-state index contributed by atoms with van der Waals surface area (Å²) in [6.07, 6.45) is 10.0. The van der Waals surface area contributed by atoms with E-state index in [4.69, 9.17) is 0 Å². The first-order valence-corrected chi connectivity index (χ1v) is 12.4. The number of allylic oxidation sites excluding steroid dienone is 3. The second-order valence-electron chi connectivity index (χ2n) is 11.4. The Labute approximate surface area is 197 Å². The Balaban J connectivity index is 1.52. The molecule has 182 valence electrons. The van der Waals surface area contributed by atoms with Crippen LogP contribution in [-0.4, -0.2) is 47.7 Å². The van der Waals surface area contributed by atoms with Crippen LogP contribution in [0.1, 0.15) is 78.5 Å².